The molecule has 1 aromatic carbocycles. The van der Waals surface area contributed by atoms with Crippen molar-refractivity contribution in [3.8, 4) is 5.88 Å². The van der Waals surface area contributed by atoms with Crippen molar-refractivity contribution in [1.29, 1.82) is 0 Å². The van der Waals surface area contributed by atoms with E-state index in [1.54, 1.807) is 12.1 Å². The topological polar surface area (TPSA) is 50.9 Å². The Morgan fingerprint density at radius 3 is 2.82 bits per heavy atom. The number of nitrogens with one attached hydrogen (secondary N) is 1. The molecular weight excluding hydrogens is 284 g/mol. The predicted octanol–water partition coefficient (Wildman–Crippen LogP) is 2.98. The number of H-pyrrole nitrogens is 1. The maximum Gasteiger partial charge on any atom is 0.333 e. The molecule has 0 aliphatic heterocycles. The van der Waals surface area contributed by atoms with Gasteiger partial charge in [0.25, 0.3) is 0 Å². The molecule has 0 spiro atoms. The summed E-state index contributed by atoms with van der Waals surface area (Å²) in [6.07, 6.45) is 0. The standard InChI is InChI=1S/C12H9BrN2O2/c1-7-2-3-8-9(6-7)15(12(16)14-8)11-5-4-10(13)17-11/h2-6H,1H3,(H,14,16). The van der Waals surface area contributed by atoms with Crippen LogP contribution in [0.3, 0.4) is 0 Å². The fourth-order valence-corrected chi connectivity index (χ4v) is 2.15. The van der Waals surface area contributed by atoms with E-state index in [1.807, 2.05) is 25.1 Å². The molecule has 0 amide bonds. The van der Waals surface area contributed by atoms with Crippen molar-refractivity contribution in [3.05, 3.63) is 51.0 Å². The molecule has 86 valence electrons. The van der Waals surface area contributed by atoms with Gasteiger partial charge in [0.05, 0.1) is 11.0 Å². The van der Waals surface area contributed by atoms with Gasteiger partial charge in [0.1, 0.15) is 0 Å². The molecule has 0 atom stereocenters. The first-order chi connectivity index (χ1) is 8.15. The van der Waals surface area contributed by atoms with Crippen molar-refractivity contribution >= 4 is 27.0 Å². The van der Waals surface area contributed by atoms with Crippen LogP contribution in [0.15, 0.2) is 44.2 Å². The van der Waals surface area contributed by atoms with Crippen LogP contribution in [0.25, 0.3) is 16.9 Å². The van der Waals surface area contributed by atoms with Gasteiger partial charge in [0.2, 0.25) is 5.88 Å². The number of imidazole rings is 1. The molecule has 0 fully saturated rings. The maximum absolute atomic E-state index is 11.9. The molecule has 0 saturated carbocycles. The number of rotatable bonds is 1. The third kappa shape index (κ3) is 1.63. The fraction of sp³-hybridized carbons (Fsp3) is 0.0833. The van der Waals surface area contributed by atoms with Gasteiger partial charge < -0.3 is 9.40 Å². The molecule has 2 heterocycles. The van der Waals surface area contributed by atoms with E-state index >= 15 is 0 Å². The maximum atomic E-state index is 11.9. The van der Waals surface area contributed by atoms with E-state index in [0.29, 0.717) is 10.6 Å². The van der Waals surface area contributed by atoms with Gasteiger partial charge in [-0.3, -0.25) is 0 Å². The Balaban J connectivity index is 2.39. The minimum absolute atomic E-state index is 0.201. The number of halogens is 1. The Morgan fingerprint density at radius 2 is 2.12 bits per heavy atom. The number of aromatic amines is 1. The van der Waals surface area contributed by atoms with Crippen LogP contribution in [-0.2, 0) is 0 Å². The first-order valence-corrected chi connectivity index (χ1v) is 5.91. The summed E-state index contributed by atoms with van der Waals surface area (Å²) in [5.74, 6) is 0.499. The molecule has 0 radical (unpaired) electrons. The van der Waals surface area contributed by atoms with E-state index in [0.717, 1.165) is 16.6 Å². The highest BCUT2D eigenvalue weighted by molar-refractivity contribution is 9.10. The summed E-state index contributed by atoms with van der Waals surface area (Å²) in [5.41, 5.74) is 2.51. The van der Waals surface area contributed by atoms with Crippen LogP contribution in [-0.4, -0.2) is 9.55 Å². The van der Waals surface area contributed by atoms with Crippen LogP contribution in [0.1, 0.15) is 5.56 Å². The summed E-state index contributed by atoms with van der Waals surface area (Å²) in [7, 11) is 0. The Labute approximate surface area is 105 Å². The summed E-state index contributed by atoms with van der Waals surface area (Å²) < 4.78 is 7.54. The van der Waals surface area contributed by atoms with Gasteiger partial charge in [0, 0.05) is 6.07 Å². The van der Waals surface area contributed by atoms with Crippen LogP contribution in [0.5, 0.6) is 0 Å². The molecule has 0 aliphatic rings. The van der Waals surface area contributed by atoms with Gasteiger partial charge in [0.15, 0.2) is 4.67 Å². The van der Waals surface area contributed by atoms with Crippen molar-refractivity contribution < 1.29 is 4.42 Å². The van der Waals surface area contributed by atoms with Crippen LogP contribution in [0.2, 0.25) is 0 Å². The van der Waals surface area contributed by atoms with Gasteiger partial charge in [-0.1, -0.05) is 6.07 Å². The SMILES string of the molecule is Cc1ccc2[nH]c(=O)n(-c3ccc(Br)o3)c2c1. The lowest BCUT2D eigenvalue weighted by Gasteiger charge is -1.99. The smallest absolute Gasteiger partial charge is 0.333 e. The number of nitrogens with zero attached hydrogens (tertiary/aromatic N) is 1. The van der Waals surface area contributed by atoms with Gasteiger partial charge in [-0.15, -0.1) is 0 Å². The zero-order valence-electron chi connectivity index (χ0n) is 9.03. The highest BCUT2D eigenvalue weighted by Crippen LogP contribution is 2.21. The van der Waals surface area contributed by atoms with E-state index < -0.39 is 0 Å². The Hall–Kier alpha value is -1.75. The van der Waals surface area contributed by atoms with Crippen molar-refractivity contribution in [2.75, 3.05) is 0 Å². The Morgan fingerprint density at radius 1 is 1.29 bits per heavy atom. The van der Waals surface area contributed by atoms with Crippen molar-refractivity contribution in [2.24, 2.45) is 0 Å². The predicted molar refractivity (Wildman–Crippen MR) is 68.6 cm³/mol. The second-order valence-corrected chi connectivity index (χ2v) is 4.65. The zero-order chi connectivity index (χ0) is 12.0. The van der Waals surface area contributed by atoms with E-state index in [9.17, 15) is 4.79 Å². The minimum atomic E-state index is -0.201. The lowest BCUT2D eigenvalue weighted by Crippen LogP contribution is -2.13. The molecule has 2 aromatic heterocycles. The number of benzene rings is 1. The number of furan rings is 1. The van der Waals surface area contributed by atoms with Gasteiger partial charge >= 0.3 is 5.69 Å². The van der Waals surface area contributed by atoms with Crippen molar-refractivity contribution in [3.63, 3.8) is 0 Å². The summed E-state index contributed by atoms with van der Waals surface area (Å²) >= 11 is 3.23. The van der Waals surface area contributed by atoms with E-state index in [4.69, 9.17) is 4.42 Å². The lowest BCUT2D eigenvalue weighted by atomic mass is 10.2. The monoisotopic (exact) mass is 292 g/mol. The molecule has 17 heavy (non-hydrogen) atoms. The average Bonchev–Trinajstić information content (AvgIpc) is 2.81. The number of hydrogen-bond donors (Lipinski definition) is 1. The quantitative estimate of drug-likeness (QED) is 0.750. The number of fused-ring (bicyclic) bond motifs is 1. The van der Waals surface area contributed by atoms with E-state index in [1.165, 1.54) is 4.57 Å². The molecule has 1 N–H and O–H groups in total. The average molecular weight is 293 g/mol. The highest BCUT2D eigenvalue weighted by atomic mass is 79.9. The number of aryl methyl sites for hydroxylation is 1. The number of hydrogen-bond acceptors (Lipinski definition) is 2. The molecular formula is C12H9BrN2O2. The molecule has 0 bridgehead atoms. The lowest BCUT2D eigenvalue weighted by molar-refractivity contribution is 0.515. The zero-order valence-corrected chi connectivity index (χ0v) is 10.6. The van der Waals surface area contributed by atoms with E-state index in [-0.39, 0.29) is 5.69 Å². The summed E-state index contributed by atoms with van der Waals surface area (Å²) in [5, 5.41) is 0. The fourth-order valence-electron chi connectivity index (χ4n) is 1.86. The van der Waals surface area contributed by atoms with Gasteiger partial charge in [-0.25, -0.2) is 9.36 Å². The van der Waals surface area contributed by atoms with Crippen LogP contribution < -0.4 is 5.69 Å². The molecule has 3 rings (SSSR count). The normalized spacial score (nSPS) is 11.2. The second kappa shape index (κ2) is 3.63. The van der Waals surface area contributed by atoms with Crippen LogP contribution in [0.4, 0.5) is 0 Å². The molecule has 3 aromatic rings. The third-order valence-corrected chi connectivity index (χ3v) is 3.04. The first kappa shape index (κ1) is 10.4. The van der Waals surface area contributed by atoms with Crippen LogP contribution >= 0.6 is 15.9 Å². The number of aromatic nitrogens is 2. The summed E-state index contributed by atoms with van der Waals surface area (Å²) in [4.78, 5) is 14.7. The third-order valence-electron chi connectivity index (χ3n) is 2.62. The molecule has 0 saturated heterocycles. The largest absolute Gasteiger partial charge is 0.433 e. The first-order valence-electron chi connectivity index (χ1n) is 5.12. The van der Waals surface area contributed by atoms with Crippen molar-refractivity contribution in [1.82, 2.24) is 9.55 Å². The Bertz CT molecular complexity index is 751. The molecule has 0 unspecified atom stereocenters. The molecule has 5 heteroatoms. The second-order valence-electron chi connectivity index (χ2n) is 3.86. The molecule has 0 aliphatic carbocycles. The summed E-state index contributed by atoms with van der Waals surface area (Å²) in [6, 6.07) is 9.31. The van der Waals surface area contributed by atoms with Crippen LogP contribution in [0, 0.1) is 6.92 Å². The highest BCUT2D eigenvalue weighted by Gasteiger charge is 2.11. The summed E-state index contributed by atoms with van der Waals surface area (Å²) in [6.45, 7) is 1.99. The minimum Gasteiger partial charge on any atom is -0.433 e. The van der Waals surface area contributed by atoms with Crippen molar-refractivity contribution in [2.45, 2.75) is 6.92 Å². The van der Waals surface area contributed by atoms with Gasteiger partial charge in [-0.05, 0) is 46.6 Å². The molecule has 4 nitrogen and oxygen atoms in total. The Kier molecular flexibility index (Phi) is 2.22. The van der Waals surface area contributed by atoms with Gasteiger partial charge in [-0.2, -0.15) is 0 Å². The van der Waals surface area contributed by atoms with E-state index in [2.05, 4.69) is 20.9 Å².